The Labute approximate surface area is 136 Å². The van der Waals surface area contributed by atoms with Gasteiger partial charge in [-0.25, -0.2) is 0 Å². The van der Waals surface area contributed by atoms with Crippen LogP contribution in [-0.4, -0.2) is 6.54 Å². The van der Waals surface area contributed by atoms with Crippen molar-refractivity contribution in [1.82, 2.24) is 5.32 Å². The molecule has 1 aliphatic carbocycles. The summed E-state index contributed by atoms with van der Waals surface area (Å²) in [5.41, 5.74) is 1.48. The van der Waals surface area contributed by atoms with Crippen LogP contribution in [-0.2, 0) is 0 Å². The largest absolute Gasteiger partial charge is 0.310 e. The van der Waals surface area contributed by atoms with Crippen molar-refractivity contribution in [2.24, 2.45) is 11.8 Å². The van der Waals surface area contributed by atoms with Crippen molar-refractivity contribution >= 4 is 27.3 Å². The van der Waals surface area contributed by atoms with E-state index in [9.17, 15) is 0 Å². The molecule has 114 valence electrons. The molecule has 0 aromatic carbocycles. The van der Waals surface area contributed by atoms with Crippen molar-refractivity contribution in [3.05, 3.63) is 20.8 Å². The number of nitrogens with one attached hydrogen (secondary N) is 1. The van der Waals surface area contributed by atoms with Crippen LogP contribution in [0.25, 0.3) is 0 Å². The Kier molecular flexibility index (Phi) is 7.06. The average Bonchev–Trinajstić information content (AvgIpc) is 2.89. The molecule has 0 radical (unpaired) electrons. The fourth-order valence-corrected chi connectivity index (χ4v) is 5.15. The first-order valence-corrected chi connectivity index (χ1v) is 9.94. The lowest BCUT2D eigenvalue weighted by Gasteiger charge is -2.34. The summed E-state index contributed by atoms with van der Waals surface area (Å²) in [6, 6.07) is 0.549. The zero-order valence-corrected chi connectivity index (χ0v) is 15.2. The Morgan fingerprint density at radius 3 is 2.55 bits per heavy atom. The van der Waals surface area contributed by atoms with Gasteiger partial charge in [0.1, 0.15) is 0 Å². The van der Waals surface area contributed by atoms with E-state index in [-0.39, 0.29) is 0 Å². The van der Waals surface area contributed by atoms with E-state index in [0.717, 1.165) is 18.4 Å². The lowest BCUT2D eigenvalue weighted by molar-refractivity contribution is 0.214. The average molecular weight is 358 g/mol. The molecule has 0 saturated heterocycles. The maximum absolute atomic E-state index is 3.73. The first-order chi connectivity index (χ1) is 9.76. The molecule has 1 aromatic rings. The molecular weight excluding hydrogens is 330 g/mol. The first kappa shape index (κ1) is 16.5. The van der Waals surface area contributed by atoms with Gasteiger partial charge < -0.3 is 5.32 Å². The lowest BCUT2D eigenvalue weighted by Crippen LogP contribution is -2.31. The third kappa shape index (κ3) is 4.32. The predicted octanol–water partition coefficient (Wildman–Crippen LogP) is 6.16. The molecule has 0 aliphatic heterocycles. The number of unbranched alkanes of at least 4 members (excludes halogenated alkanes) is 1. The molecule has 1 atom stereocenters. The summed E-state index contributed by atoms with van der Waals surface area (Å²) in [4.78, 5) is 0. The molecule has 1 heterocycles. The van der Waals surface area contributed by atoms with Gasteiger partial charge >= 0.3 is 0 Å². The monoisotopic (exact) mass is 357 g/mol. The van der Waals surface area contributed by atoms with Crippen LogP contribution in [0.3, 0.4) is 0 Å². The first-order valence-electron chi connectivity index (χ1n) is 8.21. The summed E-state index contributed by atoms with van der Waals surface area (Å²) in [6.07, 6.45) is 9.90. The van der Waals surface area contributed by atoms with Crippen molar-refractivity contribution in [3.63, 3.8) is 0 Å². The zero-order valence-electron chi connectivity index (χ0n) is 12.8. The number of hydrogen-bond acceptors (Lipinski definition) is 2. The summed E-state index contributed by atoms with van der Waals surface area (Å²) in [5, 5.41) is 8.27. The molecule has 1 saturated carbocycles. The molecule has 1 unspecified atom stereocenters. The van der Waals surface area contributed by atoms with E-state index in [2.05, 4.69) is 45.9 Å². The Hall–Kier alpha value is 0.140. The van der Waals surface area contributed by atoms with Crippen LogP contribution < -0.4 is 5.32 Å². The van der Waals surface area contributed by atoms with Crippen molar-refractivity contribution in [3.8, 4) is 0 Å². The van der Waals surface area contributed by atoms with E-state index < -0.39 is 0 Å². The van der Waals surface area contributed by atoms with E-state index >= 15 is 0 Å². The highest BCUT2D eigenvalue weighted by molar-refractivity contribution is 9.10. The van der Waals surface area contributed by atoms with Gasteiger partial charge in [0.25, 0.3) is 0 Å². The highest BCUT2D eigenvalue weighted by Crippen LogP contribution is 2.41. The second-order valence-corrected chi connectivity index (χ2v) is 7.73. The summed E-state index contributed by atoms with van der Waals surface area (Å²) >= 11 is 5.53. The maximum atomic E-state index is 3.73. The number of rotatable bonds is 7. The van der Waals surface area contributed by atoms with Gasteiger partial charge in [0.05, 0.1) is 0 Å². The molecule has 3 heteroatoms. The number of halogens is 1. The molecule has 1 aliphatic rings. The maximum Gasteiger partial charge on any atom is 0.0368 e. The smallest absolute Gasteiger partial charge is 0.0368 e. The van der Waals surface area contributed by atoms with Gasteiger partial charge in [0, 0.05) is 15.9 Å². The van der Waals surface area contributed by atoms with Crippen LogP contribution in [0.5, 0.6) is 0 Å². The van der Waals surface area contributed by atoms with E-state index in [4.69, 9.17) is 0 Å². The zero-order chi connectivity index (χ0) is 14.4. The van der Waals surface area contributed by atoms with Crippen molar-refractivity contribution in [2.75, 3.05) is 6.54 Å². The molecular formula is C17H28BrNS. The van der Waals surface area contributed by atoms with Crippen molar-refractivity contribution < 1.29 is 0 Å². The van der Waals surface area contributed by atoms with E-state index in [0.29, 0.717) is 6.04 Å². The fourth-order valence-electron chi connectivity index (χ4n) is 3.57. The molecule has 1 N–H and O–H groups in total. The second kappa shape index (κ2) is 8.55. The van der Waals surface area contributed by atoms with E-state index in [1.54, 1.807) is 0 Å². The molecule has 20 heavy (non-hydrogen) atoms. The minimum absolute atomic E-state index is 0.549. The Bertz CT molecular complexity index is 382. The minimum Gasteiger partial charge on any atom is -0.310 e. The minimum atomic E-state index is 0.549. The van der Waals surface area contributed by atoms with E-state index in [1.807, 2.05) is 11.3 Å². The molecule has 0 bridgehead atoms. The topological polar surface area (TPSA) is 12.0 Å². The van der Waals surface area contributed by atoms with Crippen LogP contribution in [0.1, 0.15) is 70.4 Å². The Morgan fingerprint density at radius 2 is 2.00 bits per heavy atom. The Balaban J connectivity index is 1.93. The van der Waals surface area contributed by atoms with Crippen molar-refractivity contribution in [1.29, 1.82) is 0 Å². The molecule has 0 spiro atoms. The van der Waals surface area contributed by atoms with Gasteiger partial charge in [-0.1, -0.05) is 46.0 Å². The summed E-state index contributed by atoms with van der Waals surface area (Å²) < 4.78 is 1.29. The number of hydrogen-bond donors (Lipinski definition) is 1. The van der Waals surface area contributed by atoms with Crippen molar-refractivity contribution in [2.45, 2.75) is 64.8 Å². The predicted molar refractivity (Wildman–Crippen MR) is 93.4 cm³/mol. The van der Waals surface area contributed by atoms with Crippen LogP contribution >= 0.6 is 27.3 Å². The Morgan fingerprint density at radius 1 is 1.25 bits per heavy atom. The molecule has 1 fully saturated rings. The summed E-state index contributed by atoms with van der Waals surface area (Å²) in [7, 11) is 0. The quantitative estimate of drug-likeness (QED) is 0.616. The second-order valence-electron chi connectivity index (χ2n) is 6.13. The molecule has 1 nitrogen and oxygen atoms in total. The lowest BCUT2D eigenvalue weighted by atomic mass is 9.75. The van der Waals surface area contributed by atoms with Crippen LogP contribution in [0.4, 0.5) is 0 Å². The van der Waals surface area contributed by atoms with Crippen LogP contribution in [0, 0.1) is 11.8 Å². The third-order valence-corrected chi connectivity index (χ3v) is 6.48. The highest BCUT2D eigenvalue weighted by Gasteiger charge is 2.29. The van der Waals surface area contributed by atoms with Crippen LogP contribution in [0.15, 0.2) is 15.2 Å². The standard InChI is InChI=1S/C17H28BrNS/c1-3-5-6-13-7-9-14(10-8-13)17(19-4-2)15-11-20-12-16(15)18/h11-14,17,19H,3-10H2,1-2H3. The van der Waals surface area contributed by atoms with Gasteiger partial charge in [0.15, 0.2) is 0 Å². The molecule has 2 rings (SSSR count). The van der Waals surface area contributed by atoms with Gasteiger partial charge in [-0.3, -0.25) is 0 Å². The fraction of sp³-hybridized carbons (Fsp3) is 0.765. The van der Waals surface area contributed by atoms with Crippen LogP contribution in [0.2, 0.25) is 0 Å². The van der Waals surface area contributed by atoms with Gasteiger partial charge in [0.2, 0.25) is 0 Å². The SMILES string of the molecule is CCCCC1CCC(C(NCC)c2cscc2Br)CC1. The summed E-state index contributed by atoms with van der Waals surface area (Å²) in [6.45, 7) is 5.59. The number of thiophene rings is 1. The van der Waals surface area contributed by atoms with Gasteiger partial charge in [-0.15, -0.1) is 0 Å². The normalized spacial score (nSPS) is 24.8. The van der Waals surface area contributed by atoms with Gasteiger partial charge in [-0.2, -0.15) is 11.3 Å². The summed E-state index contributed by atoms with van der Waals surface area (Å²) in [5.74, 6) is 1.82. The molecule has 0 amide bonds. The van der Waals surface area contributed by atoms with Gasteiger partial charge in [-0.05, 0) is 58.1 Å². The highest BCUT2D eigenvalue weighted by atomic mass is 79.9. The van der Waals surface area contributed by atoms with E-state index in [1.165, 1.54) is 55.0 Å². The third-order valence-electron chi connectivity index (χ3n) is 4.73. The molecule has 1 aromatic heterocycles.